The maximum Gasteiger partial charge on any atom is 0.323 e. The molecule has 3 amide bonds. The van der Waals surface area contributed by atoms with E-state index in [9.17, 15) is 9.59 Å². The number of nitrogens with one attached hydrogen (secondary N) is 3. The second-order valence-electron chi connectivity index (χ2n) is 6.17. The Morgan fingerprint density at radius 2 is 1.76 bits per heavy atom. The summed E-state index contributed by atoms with van der Waals surface area (Å²) in [7, 11) is 0. The summed E-state index contributed by atoms with van der Waals surface area (Å²) in [5, 5.41) is 12.8. The summed E-state index contributed by atoms with van der Waals surface area (Å²) in [5.41, 5.74) is 3.63. The molecule has 134 valence electrons. The number of benzene rings is 1. The fourth-order valence-corrected chi connectivity index (χ4v) is 2.42. The quantitative estimate of drug-likeness (QED) is 0.772. The van der Waals surface area contributed by atoms with Gasteiger partial charge in [-0.1, -0.05) is 19.9 Å². The highest BCUT2D eigenvalue weighted by molar-refractivity contribution is 6.01. The fraction of sp³-hybridized carbons (Fsp3) is 0.389. The molecule has 2 rings (SSSR count). The largest absolute Gasteiger partial charge is 0.326 e. The van der Waals surface area contributed by atoms with Gasteiger partial charge in [-0.15, -0.1) is 0 Å². The second-order valence-corrected chi connectivity index (χ2v) is 6.17. The molecule has 7 heteroatoms. The fourth-order valence-electron chi connectivity index (χ4n) is 2.42. The summed E-state index contributed by atoms with van der Waals surface area (Å²) < 4.78 is 1.84. The Morgan fingerprint density at radius 1 is 1.12 bits per heavy atom. The van der Waals surface area contributed by atoms with Crippen LogP contribution in [0, 0.1) is 19.8 Å². The molecular formula is C18H25N5O2. The molecule has 0 fully saturated rings. The number of carbonyl (C=O) groups excluding carboxylic acids is 2. The SMILES string of the molecule is CCn1nc(C)c(NC(=O)Nc2cccc(NC(=O)C(C)C)c2)c1C. The lowest BCUT2D eigenvalue weighted by Crippen LogP contribution is -2.21. The zero-order valence-electron chi connectivity index (χ0n) is 15.3. The van der Waals surface area contributed by atoms with Gasteiger partial charge in [0.1, 0.15) is 0 Å². The third-order valence-corrected chi connectivity index (χ3v) is 3.83. The third-order valence-electron chi connectivity index (χ3n) is 3.83. The van der Waals surface area contributed by atoms with Crippen LogP contribution in [0.15, 0.2) is 24.3 Å². The van der Waals surface area contributed by atoms with Gasteiger partial charge in [-0.2, -0.15) is 5.10 Å². The molecule has 0 spiro atoms. The van der Waals surface area contributed by atoms with E-state index in [0.717, 1.165) is 17.9 Å². The Labute approximate surface area is 147 Å². The Balaban J connectivity index is 2.06. The number of nitrogens with zero attached hydrogens (tertiary/aromatic N) is 2. The molecule has 0 radical (unpaired) electrons. The summed E-state index contributed by atoms with van der Waals surface area (Å²) in [6, 6.07) is 6.68. The highest BCUT2D eigenvalue weighted by Crippen LogP contribution is 2.20. The van der Waals surface area contributed by atoms with Gasteiger partial charge in [-0.25, -0.2) is 4.79 Å². The lowest BCUT2D eigenvalue weighted by Gasteiger charge is -2.11. The van der Waals surface area contributed by atoms with Crippen molar-refractivity contribution in [2.45, 2.75) is 41.2 Å². The van der Waals surface area contributed by atoms with Crippen molar-refractivity contribution in [2.24, 2.45) is 5.92 Å². The molecule has 0 aliphatic heterocycles. The highest BCUT2D eigenvalue weighted by Gasteiger charge is 2.14. The van der Waals surface area contributed by atoms with Crippen LogP contribution >= 0.6 is 0 Å². The van der Waals surface area contributed by atoms with Gasteiger partial charge < -0.3 is 16.0 Å². The van der Waals surface area contributed by atoms with E-state index >= 15 is 0 Å². The number of urea groups is 1. The van der Waals surface area contributed by atoms with Crippen molar-refractivity contribution in [2.75, 3.05) is 16.0 Å². The summed E-state index contributed by atoms with van der Waals surface area (Å²) in [6.45, 7) is 10.2. The molecule has 0 atom stereocenters. The summed E-state index contributed by atoms with van der Waals surface area (Å²) >= 11 is 0. The smallest absolute Gasteiger partial charge is 0.323 e. The minimum absolute atomic E-state index is 0.0696. The molecule has 3 N–H and O–H groups in total. The van der Waals surface area contributed by atoms with Crippen molar-refractivity contribution in [3.8, 4) is 0 Å². The number of aromatic nitrogens is 2. The van der Waals surface area contributed by atoms with Crippen LogP contribution in [-0.2, 0) is 11.3 Å². The molecule has 1 heterocycles. The standard InChI is InChI=1S/C18H25N5O2/c1-6-23-13(5)16(12(4)22-23)21-18(25)20-15-9-7-8-14(10-15)19-17(24)11(2)3/h7-11H,6H2,1-5H3,(H,19,24)(H2,20,21,25). The first kappa shape index (κ1) is 18.5. The van der Waals surface area contributed by atoms with Crippen molar-refractivity contribution < 1.29 is 9.59 Å². The van der Waals surface area contributed by atoms with Gasteiger partial charge in [-0.05, 0) is 39.0 Å². The molecule has 0 unspecified atom stereocenters. The van der Waals surface area contributed by atoms with Crippen molar-refractivity contribution in [1.82, 2.24) is 9.78 Å². The van der Waals surface area contributed by atoms with E-state index in [4.69, 9.17) is 0 Å². The monoisotopic (exact) mass is 343 g/mol. The summed E-state index contributed by atoms with van der Waals surface area (Å²) in [4.78, 5) is 24.1. The van der Waals surface area contributed by atoms with Gasteiger partial charge >= 0.3 is 6.03 Å². The molecule has 0 bridgehead atoms. The molecule has 0 aliphatic rings. The minimum atomic E-state index is -0.353. The van der Waals surface area contributed by atoms with E-state index in [1.807, 2.05) is 39.3 Å². The topological polar surface area (TPSA) is 88.1 Å². The Morgan fingerprint density at radius 3 is 2.32 bits per heavy atom. The molecule has 7 nitrogen and oxygen atoms in total. The highest BCUT2D eigenvalue weighted by atomic mass is 16.2. The molecule has 1 aromatic heterocycles. The number of anilines is 3. The van der Waals surface area contributed by atoms with Crippen molar-refractivity contribution in [1.29, 1.82) is 0 Å². The molecule has 2 aromatic rings. The van der Waals surface area contributed by atoms with E-state index < -0.39 is 0 Å². The number of aryl methyl sites for hydroxylation is 2. The maximum absolute atomic E-state index is 12.3. The van der Waals surface area contributed by atoms with Crippen LogP contribution in [-0.4, -0.2) is 21.7 Å². The Kier molecular flexibility index (Phi) is 5.80. The summed E-state index contributed by atoms with van der Waals surface area (Å²) in [6.07, 6.45) is 0. The number of amides is 3. The van der Waals surface area contributed by atoms with Gasteiger partial charge in [-0.3, -0.25) is 9.48 Å². The zero-order valence-corrected chi connectivity index (χ0v) is 15.3. The lowest BCUT2D eigenvalue weighted by atomic mass is 10.2. The first-order valence-corrected chi connectivity index (χ1v) is 8.34. The van der Waals surface area contributed by atoms with Crippen molar-refractivity contribution in [3.05, 3.63) is 35.7 Å². The van der Waals surface area contributed by atoms with Gasteiger partial charge in [0, 0.05) is 23.8 Å². The van der Waals surface area contributed by atoms with Gasteiger partial charge in [0.25, 0.3) is 0 Å². The molecular weight excluding hydrogens is 318 g/mol. The third kappa shape index (κ3) is 4.59. The van der Waals surface area contributed by atoms with E-state index in [2.05, 4.69) is 21.0 Å². The summed E-state index contributed by atoms with van der Waals surface area (Å²) in [5.74, 6) is -0.180. The van der Waals surface area contributed by atoms with Crippen molar-refractivity contribution in [3.63, 3.8) is 0 Å². The van der Waals surface area contributed by atoms with Gasteiger partial charge in [0.05, 0.1) is 17.1 Å². The number of hydrogen-bond donors (Lipinski definition) is 3. The first-order valence-electron chi connectivity index (χ1n) is 8.34. The van der Waals surface area contributed by atoms with E-state index in [-0.39, 0.29) is 17.9 Å². The first-order chi connectivity index (χ1) is 11.8. The van der Waals surface area contributed by atoms with Crippen molar-refractivity contribution >= 4 is 29.0 Å². The Bertz CT molecular complexity index is 780. The van der Waals surface area contributed by atoms with Crippen LogP contribution < -0.4 is 16.0 Å². The van der Waals surface area contributed by atoms with E-state index in [0.29, 0.717) is 17.1 Å². The lowest BCUT2D eigenvalue weighted by molar-refractivity contribution is -0.118. The average Bonchev–Trinajstić information content (AvgIpc) is 2.82. The van der Waals surface area contributed by atoms with Crippen LogP contribution in [0.25, 0.3) is 0 Å². The van der Waals surface area contributed by atoms with Crippen LogP contribution in [0.2, 0.25) is 0 Å². The normalized spacial score (nSPS) is 10.6. The van der Waals surface area contributed by atoms with E-state index in [1.54, 1.807) is 24.3 Å². The Hall–Kier alpha value is -2.83. The average molecular weight is 343 g/mol. The van der Waals surface area contributed by atoms with Crippen LogP contribution in [0.1, 0.15) is 32.2 Å². The number of carbonyl (C=O) groups is 2. The zero-order chi connectivity index (χ0) is 18.6. The second kappa shape index (κ2) is 7.83. The molecule has 25 heavy (non-hydrogen) atoms. The van der Waals surface area contributed by atoms with Crippen LogP contribution in [0.3, 0.4) is 0 Å². The van der Waals surface area contributed by atoms with E-state index in [1.165, 1.54) is 0 Å². The predicted octanol–water partition coefficient (Wildman–Crippen LogP) is 3.76. The van der Waals surface area contributed by atoms with Crippen LogP contribution in [0.5, 0.6) is 0 Å². The van der Waals surface area contributed by atoms with Gasteiger partial charge in [0.15, 0.2) is 0 Å². The minimum Gasteiger partial charge on any atom is -0.326 e. The van der Waals surface area contributed by atoms with Gasteiger partial charge in [0.2, 0.25) is 5.91 Å². The molecule has 0 saturated carbocycles. The number of rotatable bonds is 5. The molecule has 0 saturated heterocycles. The molecule has 0 aliphatic carbocycles. The maximum atomic E-state index is 12.3. The van der Waals surface area contributed by atoms with Crippen LogP contribution in [0.4, 0.5) is 21.9 Å². The number of hydrogen-bond acceptors (Lipinski definition) is 3. The molecule has 1 aromatic carbocycles. The predicted molar refractivity (Wildman–Crippen MR) is 99.9 cm³/mol.